The predicted octanol–water partition coefficient (Wildman–Crippen LogP) is 4.71. The van der Waals surface area contributed by atoms with Crippen LogP contribution in [0.1, 0.15) is 24.5 Å². The van der Waals surface area contributed by atoms with E-state index in [0.717, 1.165) is 45.8 Å². The highest BCUT2D eigenvalue weighted by molar-refractivity contribution is 7.15. The Morgan fingerprint density at radius 3 is 2.63 bits per heavy atom. The fourth-order valence-corrected chi connectivity index (χ4v) is 5.09. The van der Waals surface area contributed by atoms with Gasteiger partial charge in [-0.05, 0) is 67.4 Å². The van der Waals surface area contributed by atoms with E-state index in [2.05, 4.69) is 28.1 Å². The number of hydrogen-bond donors (Lipinski definition) is 0. The Kier molecular flexibility index (Phi) is 6.27. The van der Waals surface area contributed by atoms with Gasteiger partial charge in [0.1, 0.15) is 11.4 Å². The molecule has 9 heteroatoms. The molecule has 0 radical (unpaired) electrons. The van der Waals surface area contributed by atoms with Gasteiger partial charge in [0.25, 0.3) is 5.56 Å². The standard InChI is InChI=1S/C29H24N6O2S/c1-3-14-37-24-12-11-20(15-19(24)2)26-22(18-34(32-26)23-9-5-4-6-10-23)16-25-28(36)35-29(38-25)31-27(33-35)21-8-7-13-30-17-21/h4-13,15-18H,3,14H2,1-2H3/b25-16-. The molecule has 0 spiro atoms. The summed E-state index contributed by atoms with van der Waals surface area (Å²) >= 11 is 1.30. The molecule has 6 rings (SSSR count). The second kappa shape index (κ2) is 10.0. The second-order valence-corrected chi connectivity index (χ2v) is 9.84. The molecule has 6 aromatic rings. The molecule has 188 valence electrons. The molecule has 0 saturated heterocycles. The van der Waals surface area contributed by atoms with E-state index in [9.17, 15) is 4.79 Å². The summed E-state index contributed by atoms with van der Waals surface area (Å²) in [4.78, 5) is 22.5. The van der Waals surface area contributed by atoms with Crippen molar-refractivity contribution in [2.45, 2.75) is 20.3 Å². The molecule has 4 aromatic heterocycles. The number of aryl methyl sites for hydroxylation is 1. The third-order valence-electron chi connectivity index (χ3n) is 6.06. The van der Waals surface area contributed by atoms with E-state index in [1.54, 1.807) is 12.4 Å². The van der Waals surface area contributed by atoms with E-state index in [0.29, 0.717) is 21.9 Å². The van der Waals surface area contributed by atoms with Crippen LogP contribution in [0.4, 0.5) is 0 Å². The zero-order valence-electron chi connectivity index (χ0n) is 20.9. The molecule has 0 fully saturated rings. The van der Waals surface area contributed by atoms with Crippen molar-refractivity contribution in [3.05, 3.63) is 105 Å². The van der Waals surface area contributed by atoms with Crippen molar-refractivity contribution in [3.63, 3.8) is 0 Å². The van der Waals surface area contributed by atoms with E-state index in [1.807, 2.05) is 78.5 Å². The molecule has 0 amide bonds. The number of pyridine rings is 1. The van der Waals surface area contributed by atoms with Crippen molar-refractivity contribution >= 4 is 22.4 Å². The van der Waals surface area contributed by atoms with Gasteiger partial charge in [0.15, 0.2) is 5.82 Å². The lowest BCUT2D eigenvalue weighted by Crippen LogP contribution is -2.23. The molecule has 2 aromatic carbocycles. The maximum Gasteiger partial charge on any atom is 0.291 e. The molecule has 0 aliphatic rings. The predicted molar refractivity (Wildman–Crippen MR) is 149 cm³/mol. The first-order valence-electron chi connectivity index (χ1n) is 12.3. The van der Waals surface area contributed by atoms with E-state index in [4.69, 9.17) is 9.84 Å². The van der Waals surface area contributed by atoms with Crippen molar-refractivity contribution in [1.29, 1.82) is 0 Å². The average molecular weight is 521 g/mol. The fourth-order valence-electron chi connectivity index (χ4n) is 4.19. The third-order valence-corrected chi connectivity index (χ3v) is 7.02. The van der Waals surface area contributed by atoms with E-state index in [-0.39, 0.29) is 5.56 Å². The van der Waals surface area contributed by atoms with Gasteiger partial charge >= 0.3 is 0 Å². The van der Waals surface area contributed by atoms with Crippen molar-refractivity contribution in [3.8, 4) is 34.1 Å². The first-order chi connectivity index (χ1) is 18.6. The van der Waals surface area contributed by atoms with Crippen molar-refractivity contribution in [2.75, 3.05) is 6.61 Å². The van der Waals surface area contributed by atoms with E-state index in [1.165, 1.54) is 15.9 Å². The Balaban J connectivity index is 1.46. The lowest BCUT2D eigenvalue weighted by atomic mass is 10.0. The molecular formula is C29H24N6O2S. The van der Waals surface area contributed by atoms with Crippen molar-refractivity contribution in [1.82, 2.24) is 29.4 Å². The molecule has 0 aliphatic heterocycles. The fraction of sp³-hybridized carbons (Fsp3) is 0.138. The van der Waals surface area contributed by atoms with Crippen LogP contribution in [0.25, 0.3) is 39.4 Å². The first-order valence-corrected chi connectivity index (χ1v) is 13.1. The van der Waals surface area contributed by atoms with Crippen LogP contribution in [0.3, 0.4) is 0 Å². The van der Waals surface area contributed by atoms with Gasteiger partial charge in [-0.25, -0.2) is 4.68 Å². The highest BCUT2D eigenvalue weighted by Crippen LogP contribution is 2.29. The molecular weight excluding hydrogens is 496 g/mol. The molecule has 0 atom stereocenters. The Bertz CT molecular complexity index is 1840. The molecule has 0 bridgehead atoms. The Labute approximate surface area is 222 Å². The number of benzene rings is 2. The summed E-state index contributed by atoms with van der Waals surface area (Å²) in [6, 6.07) is 19.7. The second-order valence-electron chi connectivity index (χ2n) is 8.83. The number of para-hydroxylation sites is 1. The van der Waals surface area contributed by atoms with Crippen LogP contribution in [0, 0.1) is 6.92 Å². The minimum atomic E-state index is -0.217. The highest BCUT2D eigenvalue weighted by atomic mass is 32.1. The molecule has 0 unspecified atom stereocenters. The number of rotatable bonds is 7. The minimum absolute atomic E-state index is 0.217. The summed E-state index contributed by atoms with van der Waals surface area (Å²) in [7, 11) is 0. The molecule has 4 heterocycles. The summed E-state index contributed by atoms with van der Waals surface area (Å²) in [5, 5.41) is 9.34. The summed E-state index contributed by atoms with van der Waals surface area (Å²) in [6.45, 7) is 4.79. The van der Waals surface area contributed by atoms with Crippen molar-refractivity contribution in [2.24, 2.45) is 0 Å². The largest absolute Gasteiger partial charge is 0.493 e. The van der Waals surface area contributed by atoms with Gasteiger partial charge in [0, 0.05) is 35.3 Å². The molecule has 0 aliphatic carbocycles. The third kappa shape index (κ3) is 4.48. The van der Waals surface area contributed by atoms with Crippen LogP contribution >= 0.6 is 11.3 Å². The number of fused-ring (bicyclic) bond motifs is 1. The van der Waals surface area contributed by atoms with Gasteiger partial charge in [0.05, 0.1) is 16.8 Å². The van der Waals surface area contributed by atoms with Crippen molar-refractivity contribution < 1.29 is 4.74 Å². The summed E-state index contributed by atoms with van der Waals surface area (Å²) in [5.74, 6) is 1.34. The SMILES string of the molecule is CCCOc1ccc(-c2nn(-c3ccccc3)cc2/C=c2\sc3nc(-c4cccnc4)nn3c2=O)cc1C. The molecule has 8 nitrogen and oxygen atoms in total. The molecule has 0 saturated carbocycles. The van der Waals surface area contributed by atoms with E-state index >= 15 is 0 Å². The van der Waals surface area contributed by atoms with Gasteiger partial charge in [-0.1, -0.05) is 36.5 Å². The Morgan fingerprint density at radius 1 is 1.03 bits per heavy atom. The normalized spacial score (nSPS) is 11.9. The summed E-state index contributed by atoms with van der Waals surface area (Å²) in [6.07, 6.45) is 8.13. The topological polar surface area (TPSA) is 87.2 Å². The van der Waals surface area contributed by atoms with Gasteiger partial charge in [-0.15, -0.1) is 5.10 Å². The number of nitrogens with zero attached hydrogens (tertiary/aromatic N) is 6. The Morgan fingerprint density at radius 2 is 1.89 bits per heavy atom. The maximum absolute atomic E-state index is 13.3. The average Bonchev–Trinajstić information content (AvgIpc) is 3.64. The van der Waals surface area contributed by atoms with Crippen LogP contribution in [0.2, 0.25) is 0 Å². The highest BCUT2D eigenvalue weighted by Gasteiger charge is 2.16. The maximum atomic E-state index is 13.3. The van der Waals surface area contributed by atoms with Gasteiger partial charge in [-0.2, -0.15) is 14.6 Å². The summed E-state index contributed by atoms with van der Waals surface area (Å²) in [5.41, 5.74) is 5.05. The lowest BCUT2D eigenvalue weighted by molar-refractivity contribution is 0.315. The monoisotopic (exact) mass is 520 g/mol. The smallest absolute Gasteiger partial charge is 0.291 e. The van der Waals surface area contributed by atoms with Crippen LogP contribution in [0.5, 0.6) is 5.75 Å². The number of thiazole rings is 1. The van der Waals surface area contributed by atoms with Gasteiger partial charge in [-0.3, -0.25) is 9.78 Å². The Hall–Kier alpha value is -4.63. The van der Waals surface area contributed by atoms with Crippen LogP contribution in [-0.4, -0.2) is 36.0 Å². The summed E-state index contributed by atoms with van der Waals surface area (Å²) < 4.78 is 9.58. The van der Waals surface area contributed by atoms with Gasteiger partial charge < -0.3 is 4.74 Å². The quantitative estimate of drug-likeness (QED) is 0.303. The van der Waals surface area contributed by atoms with Gasteiger partial charge in [0.2, 0.25) is 4.96 Å². The van der Waals surface area contributed by atoms with Crippen LogP contribution in [-0.2, 0) is 0 Å². The van der Waals surface area contributed by atoms with Crippen LogP contribution in [0.15, 0.2) is 84.0 Å². The minimum Gasteiger partial charge on any atom is -0.493 e. The molecule has 38 heavy (non-hydrogen) atoms. The van der Waals surface area contributed by atoms with E-state index < -0.39 is 0 Å². The molecule has 0 N–H and O–H groups in total. The first kappa shape index (κ1) is 23.7. The number of ether oxygens (including phenoxy) is 1. The zero-order valence-corrected chi connectivity index (χ0v) is 21.7. The lowest BCUT2D eigenvalue weighted by Gasteiger charge is -2.09. The van der Waals surface area contributed by atoms with Crippen LogP contribution < -0.4 is 14.8 Å². The number of aromatic nitrogens is 6. The number of hydrogen-bond acceptors (Lipinski definition) is 7. The zero-order chi connectivity index (χ0) is 26.1.